The number of hydrogen-bond donors (Lipinski definition) is 0. The van der Waals surface area contributed by atoms with Crippen LogP contribution in [-0.4, -0.2) is 48.4 Å². The van der Waals surface area contributed by atoms with E-state index in [0.717, 1.165) is 13.0 Å². The summed E-state index contributed by atoms with van der Waals surface area (Å²) in [4.78, 5) is 15.8. The Morgan fingerprint density at radius 2 is 2.14 bits per heavy atom. The lowest BCUT2D eigenvalue weighted by molar-refractivity contribution is -0.126. The summed E-state index contributed by atoms with van der Waals surface area (Å²) in [5.74, 6) is 0.143. The zero-order chi connectivity index (χ0) is 10.7. The van der Waals surface area contributed by atoms with E-state index in [-0.39, 0.29) is 5.91 Å². The minimum Gasteiger partial charge on any atom is -0.335 e. The molecule has 1 aliphatic heterocycles. The molecule has 14 heavy (non-hydrogen) atoms. The standard InChI is InChI=1S/C11H20N2O/c1-5-6-11(14)13-8-7-10(9(13)2)12(3)4/h5-6,9-10H,7-8H2,1-4H3/b6-5+. The molecule has 80 valence electrons. The van der Waals surface area contributed by atoms with E-state index in [1.165, 1.54) is 0 Å². The normalized spacial score (nSPS) is 27.9. The van der Waals surface area contributed by atoms with Crippen LogP contribution in [0.1, 0.15) is 20.3 Å². The highest BCUT2D eigenvalue weighted by Gasteiger charge is 2.33. The molecule has 0 N–H and O–H groups in total. The van der Waals surface area contributed by atoms with Crippen molar-refractivity contribution < 1.29 is 4.79 Å². The van der Waals surface area contributed by atoms with Gasteiger partial charge < -0.3 is 9.80 Å². The molecule has 0 aromatic heterocycles. The van der Waals surface area contributed by atoms with E-state index in [2.05, 4.69) is 25.9 Å². The third-order valence-corrected chi connectivity index (χ3v) is 2.97. The molecule has 1 amide bonds. The van der Waals surface area contributed by atoms with E-state index >= 15 is 0 Å². The van der Waals surface area contributed by atoms with Gasteiger partial charge in [-0.05, 0) is 40.4 Å². The highest BCUT2D eigenvalue weighted by atomic mass is 16.2. The predicted molar refractivity (Wildman–Crippen MR) is 58.1 cm³/mol. The number of rotatable bonds is 2. The van der Waals surface area contributed by atoms with Crippen molar-refractivity contribution in [2.45, 2.75) is 32.4 Å². The molecule has 3 nitrogen and oxygen atoms in total. The summed E-state index contributed by atoms with van der Waals surface area (Å²) in [7, 11) is 4.15. The summed E-state index contributed by atoms with van der Waals surface area (Å²) >= 11 is 0. The maximum Gasteiger partial charge on any atom is 0.246 e. The van der Waals surface area contributed by atoms with Gasteiger partial charge in [0.1, 0.15) is 0 Å². The van der Waals surface area contributed by atoms with Gasteiger partial charge in [0.25, 0.3) is 0 Å². The fraction of sp³-hybridized carbons (Fsp3) is 0.727. The molecule has 1 rings (SSSR count). The molecule has 0 aromatic carbocycles. The minimum absolute atomic E-state index is 0.143. The van der Waals surface area contributed by atoms with Crippen LogP contribution in [0.3, 0.4) is 0 Å². The molecule has 1 heterocycles. The summed E-state index contributed by atoms with van der Waals surface area (Å²) in [6.07, 6.45) is 4.53. The molecular weight excluding hydrogens is 176 g/mol. The smallest absolute Gasteiger partial charge is 0.246 e. The Kier molecular flexibility index (Phi) is 3.69. The number of likely N-dealkylation sites (N-methyl/N-ethyl adjacent to an activating group) is 1. The van der Waals surface area contributed by atoms with E-state index in [1.807, 2.05) is 11.8 Å². The zero-order valence-corrected chi connectivity index (χ0v) is 9.53. The van der Waals surface area contributed by atoms with Crippen molar-refractivity contribution in [3.05, 3.63) is 12.2 Å². The van der Waals surface area contributed by atoms with Crippen LogP contribution in [0.5, 0.6) is 0 Å². The number of carbonyl (C=O) groups excluding carboxylic acids is 1. The Bertz CT molecular complexity index is 235. The van der Waals surface area contributed by atoms with Crippen molar-refractivity contribution in [1.29, 1.82) is 0 Å². The summed E-state index contributed by atoms with van der Waals surface area (Å²) in [5.41, 5.74) is 0. The average Bonchev–Trinajstić information content (AvgIpc) is 2.47. The van der Waals surface area contributed by atoms with Gasteiger partial charge in [-0.25, -0.2) is 0 Å². The number of hydrogen-bond acceptors (Lipinski definition) is 2. The van der Waals surface area contributed by atoms with Gasteiger partial charge in [-0.2, -0.15) is 0 Å². The van der Waals surface area contributed by atoms with E-state index < -0.39 is 0 Å². The first-order chi connectivity index (χ1) is 6.57. The van der Waals surface area contributed by atoms with Gasteiger partial charge in [0.05, 0.1) is 0 Å². The van der Waals surface area contributed by atoms with Crippen LogP contribution in [0.15, 0.2) is 12.2 Å². The molecule has 1 fully saturated rings. The molecule has 0 aliphatic carbocycles. The number of likely N-dealkylation sites (tertiary alicyclic amines) is 1. The fourth-order valence-electron chi connectivity index (χ4n) is 2.16. The molecule has 2 unspecified atom stereocenters. The SMILES string of the molecule is C/C=C/C(=O)N1CCC(N(C)C)C1C. The Balaban J connectivity index is 2.63. The van der Waals surface area contributed by atoms with Gasteiger partial charge in [0.2, 0.25) is 5.91 Å². The highest BCUT2D eigenvalue weighted by molar-refractivity contribution is 5.88. The van der Waals surface area contributed by atoms with Gasteiger partial charge in [-0.15, -0.1) is 0 Å². The van der Waals surface area contributed by atoms with Crippen molar-refractivity contribution in [1.82, 2.24) is 9.80 Å². The van der Waals surface area contributed by atoms with Crippen molar-refractivity contribution in [3.63, 3.8) is 0 Å². The van der Waals surface area contributed by atoms with Crippen molar-refractivity contribution in [2.75, 3.05) is 20.6 Å². The maximum atomic E-state index is 11.6. The Morgan fingerprint density at radius 3 is 2.57 bits per heavy atom. The molecule has 0 aromatic rings. The third kappa shape index (κ3) is 2.15. The first-order valence-electron chi connectivity index (χ1n) is 5.17. The van der Waals surface area contributed by atoms with E-state index in [0.29, 0.717) is 12.1 Å². The predicted octanol–water partition coefficient (Wildman–Crippen LogP) is 1.11. The highest BCUT2D eigenvalue weighted by Crippen LogP contribution is 2.21. The van der Waals surface area contributed by atoms with Crippen LogP contribution in [0.2, 0.25) is 0 Å². The fourth-order valence-corrected chi connectivity index (χ4v) is 2.16. The van der Waals surface area contributed by atoms with Crippen LogP contribution >= 0.6 is 0 Å². The van der Waals surface area contributed by atoms with Gasteiger partial charge >= 0.3 is 0 Å². The molecule has 1 aliphatic rings. The van der Waals surface area contributed by atoms with Gasteiger partial charge in [-0.1, -0.05) is 6.08 Å². The summed E-state index contributed by atoms with van der Waals surface area (Å²) < 4.78 is 0. The monoisotopic (exact) mass is 196 g/mol. The molecule has 3 heteroatoms. The van der Waals surface area contributed by atoms with Crippen LogP contribution in [0.25, 0.3) is 0 Å². The zero-order valence-electron chi connectivity index (χ0n) is 9.53. The second-order valence-electron chi connectivity index (χ2n) is 4.09. The Labute approximate surface area is 86.4 Å². The first kappa shape index (κ1) is 11.2. The minimum atomic E-state index is 0.143. The molecule has 2 atom stereocenters. The Morgan fingerprint density at radius 1 is 1.50 bits per heavy atom. The number of amides is 1. The summed E-state index contributed by atoms with van der Waals surface area (Å²) in [6, 6.07) is 0.831. The number of allylic oxidation sites excluding steroid dienone is 1. The molecule has 1 saturated heterocycles. The molecular formula is C11H20N2O. The largest absolute Gasteiger partial charge is 0.335 e. The van der Waals surface area contributed by atoms with Crippen LogP contribution in [0.4, 0.5) is 0 Å². The topological polar surface area (TPSA) is 23.6 Å². The summed E-state index contributed by atoms with van der Waals surface area (Å²) in [6.45, 7) is 4.88. The lowest BCUT2D eigenvalue weighted by Gasteiger charge is -2.27. The van der Waals surface area contributed by atoms with Crippen LogP contribution in [-0.2, 0) is 4.79 Å². The van der Waals surface area contributed by atoms with E-state index in [4.69, 9.17) is 0 Å². The van der Waals surface area contributed by atoms with Gasteiger partial charge in [0, 0.05) is 18.6 Å². The lowest BCUT2D eigenvalue weighted by Crippen LogP contribution is -2.41. The van der Waals surface area contributed by atoms with Crippen molar-refractivity contribution in [3.8, 4) is 0 Å². The third-order valence-electron chi connectivity index (χ3n) is 2.97. The van der Waals surface area contributed by atoms with Crippen LogP contribution in [0, 0.1) is 0 Å². The van der Waals surface area contributed by atoms with Gasteiger partial charge in [-0.3, -0.25) is 4.79 Å². The second kappa shape index (κ2) is 4.60. The van der Waals surface area contributed by atoms with Crippen molar-refractivity contribution in [2.24, 2.45) is 0 Å². The number of nitrogens with zero attached hydrogens (tertiary/aromatic N) is 2. The molecule has 0 bridgehead atoms. The van der Waals surface area contributed by atoms with Gasteiger partial charge in [0.15, 0.2) is 0 Å². The molecule has 0 saturated carbocycles. The second-order valence-corrected chi connectivity index (χ2v) is 4.09. The molecule has 0 spiro atoms. The van der Waals surface area contributed by atoms with E-state index in [9.17, 15) is 4.79 Å². The van der Waals surface area contributed by atoms with Crippen LogP contribution < -0.4 is 0 Å². The average molecular weight is 196 g/mol. The quantitative estimate of drug-likeness (QED) is 0.618. The van der Waals surface area contributed by atoms with Crippen molar-refractivity contribution >= 4 is 5.91 Å². The summed E-state index contributed by atoms with van der Waals surface area (Å²) in [5, 5.41) is 0. The lowest BCUT2D eigenvalue weighted by atomic mass is 10.1. The number of carbonyl (C=O) groups is 1. The Hall–Kier alpha value is -0.830. The maximum absolute atomic E-state index is 11.6. The van der Waals surface area contributed by atoms with E-state index in [1.54, 1.807) is 12.2 Å². The molecule has 0 radical (unpaired) electrons. The first-order valence-corrected chi connectivity index (χ1v) is 5.17.